The number of carbonyl (C=O) groups excluding carboxylic acids is 2. The minimum absolute atomic E-state index is 0.168. The third-order valence-corrected chi connectivity index (χ3v) is 4.29. The molecule has 0 saturated heterocycles. The van der Waals surface area contributed by atoms with E-state index in [2.05, 4.69) is 25.9 Å². The lowest BCUT2D eigenvalue weighted by molar-refractivity contribution is 0.0843. The summed E-state index contributed by atoms with van der Waals surface area (Å²) in [4.78, 5) is 33.3. The lowest BCUT2D eigenvalue weighted by Gasteiger charge is -2.09. The second kappa shape index (κ2) is 7.15. The summed E-state index contributed by atoms with van der Waals surface area (Å²) in [6.07, 6.45) is 4.15. The molecule has 146 valence electrons. The Morgan fingerprint density at radius 2 is 1.76 bits per heavy atom. The number of hydrazine groups is 1. The van der Waals surface area contributed by atoms with E-state index in [1.807, 2.05) is 19.9 Å². The summed E-state index contributed by atoms with van der Waals surface area (Å²) in [6, 6.07) is 7.44. The van der Waals surface area contributed by atoms with E-state index in [1.54, 1.807) is 4.52 Å². The number of halogens is 1. The van der Waals surface area contributed by atoms with Crippen LogP contribution in [0.5, 0.6) is 0 Å². The number of aromatic nitrogens is 5. The molecule has 4 aromatic rings. The summed E-state index contributed by atoms with van der Waals surface area (Å²) in [6.45, 7) is 3.68. The maximum Gasteiger partial charge on any atom is 0.288 e. The van der Waals surface area contributed by atoms with Crippen LogP contribution in [0.1, 0.15) is 32.2 Å². The fourth-order valence-corrected chi connectivity index (χ4v) is 2.95. The summed E-state index contributed by atoms with van der Waals surface area (Å²) in [5.74, 6) is -1.53. The van der Waals surface area contributed by atoms with Gasteiger partial charge in [0.2, 0.25) is 0 Å². The van der Waals surface area contributed by atoms with E-state index >= 15 is 0 Å². The van der Waals surface area contributed by atoms with E-state index in [-0.39, 0.29) is 17.1 Å². The van der Waals surface area contributed by atoms with Gasteiger partial charge in [0.25, 0.3) is 11.8 Å². The van der Waals surface area contributed by atoms with Crippen molar-refractivity contribution in [2.75, 3.05) is 0 Å². The minimum atomic E-state index is -0.586. The maximum atomic E-state index is 13.1. The third kappa shape index (κ3) is 3.43. The molecular weight excluding hydrogens is 377 g/mol. The van der Waals surface area contributed by atoms with Gasteiger partial charge in [-0.15, -0.1) is 0 Å². The van der Waals surface area contributed by atoms with Gasteiger partial charge in [-0.2, -0.15) is 5.10 Å². The molecule has 1 aromatic carbocycles. The van der Waals surface area contributed by atoms with Crippen LogP contribution in [0.4, 0.5) is 4.39 Å². The normalized spacial score (nSPS) is 10.9. The molecule has 3 aromatic heterocycles. The van der Waals surface area contributed by atoms with Crippen molar-refractivity contribution in [1.29, 1.82) is 0 Å². The van der Waals surface area contributed by atoms with E-state index in [9.17, 15) is 14.0 Å². The van der Waals surface area contributed by atoms with Crippen molar-refractivity contribution in [3.8, 4) is 5.69 Å². The van der Waals surface area contributed by atoms with E-state index < -0.39 is 11.8 Å². The molecule has 2 amide bonds. The quantitative estimate of drug-likeness (QED) is 0.516. The monoisotopic (exact) mass is 393 g/mol. The summed E-state index contributed by atoms with van der Waals surface area (Å²) in [7, 11) is 0. The van der Waals surface area contributed by atoms with Crippen LogP contribution in [-0.2, 0) is 0 Å². The number of aryl methyl sites for hydroxylation is 2. The number of hydrogen-bond donors (Lipinski definition) is 2. The predicted octanol–water partition coefficient (Wildman–Crippen LogP) is 1.75. The molecule has 10 heteroatoms. The van der Waals surface area contributed by atoms with E-state index in [4.69, 9.17) is 0 Å². The first kappa shape index (κ1) is 18.3. The highest BCUT2D eigenvalue weighted by molar-refractivity contribution is 6.02. The molecular formula is C19H16FN7O2. The molecule has 0 aliphatic rings. The minimum Gasteiger partial charge on any atom is -0.295 e. The Labute approximate surface area is 164 Å². The second-order valence-electron chi connectivity index (χ2n) is 6.37. The van der Waals surface area contributed by atoms with Crippen molar-refractivity contribution in [1.82, 2.24) is 35.0 Å². The standard InChI is InChI=1S/C19H16FN7O2/c1-11-7-12(2)27-17(23-11)15(8-22-27)18(28)24-25-19(29)16-9-21-10-26(16)14-5-3-13(20)4-6-14/h3-10H,1-2H3,(H,24,28)(H,25,29). The zero-order valence-electron chi connectivity index (χ0n) is 15.5. The number of nitrogens with one attached hydrogen (secondary N) is 2. The van der Waals surface area contributed by atoms with Crippen LogP contribution < -0.4 is 10.9 Å². The van der Waals surface area contributed by atoms with Crippen molar-refractivity contribution >= 4 is 17.5 Å². The summed E-state index contributed by atoms with van der Waals surface area (Å²) in [5.41, 5.74) is 7.63. The number of benzene rings is 1. The SMILES string of the molecule is Cc1cc(C)n2ncc(C(=O)NNC(=O)c3cncn3-c3ccc(F)cc3)c2n1. The second-order valence-corrected chi connectivity index (χ2v) is 6.37. The zero-order valence-corrected chi connectivity index (χ0v) is 15.5. The van der Waals surface area contributed by atoms with Crippen molar-refractivity contribution in [3.05, 3.63) is 77.5 Å². The van der Waals surface area contributed by atoms with Gasteiger partial charge in [-0.25, -0.2) is 18.9 Å². The molecule has 0 unspecified atom stereocenters. The fourth-order valence-electron chi connectivity index (χ4n) is 2.95. The van der Waals surface area contributed by atoms with Crippen LogP contribution in [0.2, 0.25) is 0 Å². The van der Waals surface area contributed by atoms with Gasteiger partial charge in [0.1, 0.15) is 17.1 Å². The lowest BCUT2D eigenvalue weighted by Crippen LogP contribution is -2.42. The van der Waals surface area contributed by atoms with Gasteiger partial charge in [-0.1, -0.05) is 0 Å². The molecule has 0 aliphatic carbocycles. The largest absolute Gasteiger partial charge is 0.295 e. The van der Waals surface area contributed by atoms with Crippen molar-refractivity contribution in [2.24, 2.45) is 0 Å². The molecule has 0 saturated carbocycles. The molecule has 4 rings (SSSR count). The highest BCUT2D eigenvalue weighted by Crippen LogP contribution is 2.13. The first-order chi connectivity index (χ1) is 13.9. The Hall–Kier alpha value is -4.08. The number of carbonyl (C=O) groups is 2. The molecule has 0 aliphatic heterocycles. The number of amides is 2. The molecule has 0 fully saturated rings. The van der Waals surface area contributed by atoms with Gasteiger partial charge in [-0.05, 0) is 44.2 Å². The van der Waals surface area contributed by atoms with Gasteiger partial charge < -0.3 is 0 Å². The molecule has 9 nitrogen and oxygen atoms in total. The highest BCUT2D eigenvalue weighted by atomic mass is 19.1. The fraction of sp³-hybridized carbons (Fsp3) is 0.105. The van der Waals surface area contributed by atoms with Crippen LogP contribution in [0.25, 0.3) is 11.3 Å². The molecule has 3 heterocycles. The number of hydrogen-bond acceptors (Lipinski definition) is 5. The first-order valence-corrected chi connectivity index (χ1v) is 8.65. The predicted molar refractivity (Wildman–Crippen MR) is 101 cm³/mol. The van der Waals surface area contributed by atoms with Gasteiger partial charge in [0.15, 0.2) is 5.65 Å². The van der Waals surface area contributed by atoms with E-state index in [0.717, 1.165) is 11.4 Å². The van der Waals surface area contributed by atoms with E-state index in [1.165, 1.54) is 47.6 Å². The number of nitrogens with zero attached hydrogens (tertiary/aromatic N) is 5. The average Bonchev–Trinajstić information content (AvgIpc) is 3.34. The maximum absolute atomic E-state index is 13.1. The summed E-state index contributed by atoms with van der Waals surface area (Å²) >= 11 is 0. The molecule has 0 bridgehead atoms. The highest BCUT2D eigenvalue weighted by Gasteiger charge is 2.18. The number of imidazole rings is 1. The van der Waals surface area contributed by atoms with Gasteiger partial charge in [0, 0.05) is 17.1 Å². The Bertz CT molecular complexity index is 1230. The van der Waals surface area contributed by atoms with Gasteiger partial charge in [-0.3, -0.25) is 25.0 Å². The van der Waals surface area contributed by atoms with E-state index in [0.29, 0.717) is 11.3 Å². The first-order valence-electron chi connectivity index (χ1n) is 8.65. The van der Waals surface area contributed by atoms with Crippen molar-refractivity contribution in [2.45, 2.75) is 13.8 Å². The van der Waals surface area contributed by atoms with Gasteiger partial charge in [0.05, 0.1) is 18.7 Å². The zero-order chi connectivity index (χ0) is 20.5. The van der Waals surface area contributed by atoms with Crippen LogP contribution in [0.3, 0.4) is 0 Å². The number of fused-ring (bicyclic) bond motifs is 1. The molecule has 0 spiro atoms. The lowest BCUT2D eigenvalue weighted by atomic mass is 10.3. The van der Waals surface area contributed by atoms with Crippen LogP contribution in [-0.4, -0.2) is 36.0 Å². The third-order valence-electron chi connectivity index (χ3n) is 4.29. The van der Waals surface area contributed by atoms with Gasteiger partial charge >= 0.3 is 0 Å². The summed E-state index contributed by atoms with van der Waals surface area (Å²) in [5, 5.41) is 4.15. The molecule has 0 radical (unpaired) electrons. The van der Waals surface area contributed by atoms with Crippen LogP contribution in [0, 0.1) is 19.7 Å². The molecule has 2 N–H and O–H groups in total. The average molecular weight is 393 g/mol. The number of rotatable bonds is 3. The Morgan fingerprint density at radius 3 is 2.52 bits per heavy atom. The van der Waals surface area contributed by atoms with Crippen molar-refractivity contribution < 1.29 is 14.0 Å². The Kier molecular flexibility index (Phi) is 4.51. The van der Waals surface area contributed by atoms with Crippen LogP contribution in [0.15, 0.2) is 49.1 Å². The smallest absolute Gasteiger partial charge is 0.288 e. The molecule has 29 heavy (non-hydrogen) atoms. The Morgan fingerprint density at radius 1 is 1.03 bits per heavy atom. The van der Waals surface area contributed by atoms with Crippen molar-refractivity contribution in [3.63, 3.8) is 0 Å². The Balaban J connectivity index is 1.52. The molecule has 0 atom stereocenters. The van der Waals surface area contributed by atoms with Crippen LogP contribution >= 0.6 is 0 Å². The topological polar surface area (TPSA) is 106 Å². The summed E-state index contributed by atoms with van der Waals surface area (Å²) < 4.78 is 16.2.